The van der Waals surface area contributed by atoms with Crippen LogP contribution in [0.15, 0.2) is 84.3 Å². The van der Waals surface area contributed by atoms with Gasteiger partial charge < -0.3 is 24.3 Å². The normalized spacial score (nSPS) is 10.8. The Morgan fingerprint density at radius 1 is 0.946 bits per heavy atom. The summed E-state index contributed by atoms with van der Waals surface area (Å²) in [6, 6.07) is 17.5. The molecule has 0 atom stereocenters. The van der Waals surface area contributed by atoms with Crippen LogP contribution in [0.25, 0.3) is 0 Å². The van der Waals surface area contributed by atoms with Gasteiger partial charge in [0, 0.05) is 17.8 Å². The average molecular weight is 527 g/mol. The Hall–Kier alpha value is -4.18. The first-order valence-electron chi connectivity index (χ1n) is 11.4. The maximum Gasteiger partial charge on any atom is 0.264 e. The topological polar surface area (TPSA) is 103 Å². The van der Waals surface area contributed by atoms with Crippen LogP contribution < -0.4 is 28.6 Å². The third-order valence-electron chi connectivity index (χ3n) is 5.15. The first-order valence-corrected chi connectivity index (χ1v) is 12.9. The van der Waals surface area contributed by atoms with Crippen LogP contribution in [0.4, 0.5) is 11.4 Å². The van der Waals surface area contributed by atoms with Crippen molar-refractivity contribution in [1.82, 2.24) is 0 Å². The Labute approximate surface area is 217 Å². The minimum atomic E-state index is -4.18. The van der Waals surface area contributed by atoms with Crippen LogP contribution in [-0.2, 0) is 14.8 Å². The number of rotatable bonds is 13. The molecular weight excluding hydrogens is 496 g/mol. The molecule has 3 aromatic carbocycles. The molecule has 37 heavy (non-hydrogen) atoms. The smallest absolute Gasteiger partial charge is 0.264 e. The van der Waals surface area contributed by atoms with Crippen molar-refractivity contribution in [3.8, 4) is 23.0 Å². The zero-order valence-electron chi connectivity index (χ0n) is 21.0. The minimum absolute atomic E-state index is 0.0633. The van der Waals surface area contributed by atoms with Crippen molar-refractivity contribution < 1.29 is 32.2 Å². The number of anilines is 2. The summed E-state index contributed by atoms with van der Waals surface area (Å²) in [7, 11) is -1.31. The van der Waals surface area contributed by atoms with Crippen molar-refractivity contribution in [2.75, 3.05) is 43.6 Å². The molecule has 10 heteroatoms. The molecule has 1 amide bonds. The average Bonchev–Trinajstić information content (AvgIpc) is 2.91. The maximum atomic E-state index is 13.8. The fraction of sp³-hybridized carbons (Fsp3) is 0.222. The molecule has 0 aliphatic carbocycles. The Bertz CT molecular complexity index is 1320. The number of nitrogens with zero attached hydrogens (tertiary/aromatic N) is 1. The van der Waals surface area contributed by atoms with E-state index in [-0.39, 0.29) is 16.3 Å². The molecule has 0 saturated heterocycles. The predicted molar refractivity (Wildman–Crippen MR) is 142 cm³/mol. The summed E-state index contributed by atoms with van der Waals surface area (Å²) in [4.78, 5) is 13.0. The second kappa shape index (κ2) is 12.7. The molecule has 0 bridgehead atoms. The molecule has 0 unspecified atom stereocenters. The van der Waals surface area contributed by atoms with Crippen molar-refractivity contribution in [3.63, 3.8) is 0 Å². The molecule has 0 heterocycles. The maximum absolute atomic E-state index is 13.8. The monoisotopic (exact) mass is 526 g/mol. The summed E-state index contributed by atoms with van der Waals surface area (Å²) in [6.07, 6.45) is 1.61. The SMILES string of the molecule is C=CCOc1cccc(NC(=O)CN(c2ccc(OCC)cc2)S(=O)(=O)c2ccc(OC)c(OC)c2)c1. The summed E-state index contributed by atoms with van der Waals surface area (Å²) in [5.41, 5.74) is 0.748. The van der Waals surface area contributed by atoms with Crippen LogP contribution in [0.5, 0.6) is 23.0 Å². The number of carbonyl (C=O) groups is 1. The van der Waals surface area contributed by atoms with Crippen LogP contribution in [0.2, 0.25) is 0 Å². The van der Waals surface area contributed by atoms with E-state index in [0.717, 1.165) is 4.31 Å². The van der Waals surface area contributed by atoms with Crippen molar-refractivity contribution in [2.24, 2.45) is 0 Å². The van der Waals surface area contributed by atoms with Crippen LogP contribution in [-0.4, -0.2) is 48.3 Å². The summed E-state index contributed by atoms with van der Waals surface area (Å²) in [5.74, 6) is 1.20. The molecular formula is C27H30N2O7S. The van der Waals surface area contributed by atoms with E-state index in [1.165, 1.54) is 32.4 Å². The fourth-order valence-corrected chi connectivity index (χ4v) is 4.88. The van der Waals surface area contributed by atoms with E-state index in [1.54, 1.807) is 54.6 Å². The van der Waals surface area contributed by atoms with Crippen LogP contribution in [0.1, 0.15) is 6.92 Å². The predicted octanol–water partition coefficient (Wildman–Crippen LogP) is 4.50. The highest BCUT2D eigenvalue weighted by atomic mass is 32.2. The first-order chi connectivity index (χ1) is 17.8. The molecule has 0 aliphatic rings. The molecule has 0 aliphatic heterocycles. The van der Waals surface area contributed by atoms with E-state index in [9.17, 15) is 13.2 Å². The van der Waals surface area contributed by atoms with Crippen molar-refractivity contribution in [2.45, 2.75) is 11.8 Å². The fourth-order valence-electron chi connectivity index (χ4n) is 3.44. The van der Waals surface area contributed by atoms with E-state index in [0.29, 0.717) is 36.1 Å². The van der Waals surface area contributed by atoms with Gasteiger partial charge in [-0.05, 0) is 55.5 Å². The number of ether oxygens (including phenoxy) is 4. The van der Waals surface area contributed by atoms with E-state index < -0.39 is 22.5 Å². The summed E-state index contributed by atoms with van der Waals surface area (Å²) in [6.45, 7) is 5.75. The van der Waals surface area contributed by atoms with E-state index >= 15 is 0 Å². The summed E-state index contributed by atoms with van der Waals surface area (Å²) in [5, 5.41) is 2.73. The van der Waals surface area contributed by atoms with Gasteiger partial charge in [-0.25, -0.2) is 8.42 Å². The third-order valence-corrected chi connectivity index (χ3v) is 6.92. The van der Waals surface area contributed by atoms with Gasteiger partial charge in [0.15, 0.2) is 11.5 Å². The summed E-state index contributed by atoms with van der Waals surface area (Å²) < 4.78 is 50.0. The number of nitrogens with one attached hydrogen (secondary N) is 1. The molecule has 0 spiro atoms. The molecule has 0 radical (unpaired) electrons. The number of hydrogen-bond donors (Lipinski definition) is 1. The zero-order valence-corrected chi connectivity index (χ0v) is 21.8. The lowest BCUT2D eigenvalue weighted by atomic mass is 10.3. The number of hydrogen-bond acceptors (Lipinski definition) is 7. The number of methoxy groups -OCH3 is 2. The Kier molecular flexibility index (Phi) is 9.39. The molecule has 0 saturated carbocycles. The van der Waals surface area contributed by atoms with Gasteiger partial charge in [0.1, 0.15) is 24.7 Å². The van der Waals surface area contributed by atoms with Crippen LogP contribution >= 0.6 is 0 Å². The van der Waals surface area contributed by atoms with Gasteiger partial charge in [0.25, 0.3) is 10.0 Å². The third kappa shape index (κ3) is 6.95. The van der Waals surface area contributed by atoms with E-state index in [4.69, 9.17) is 18.9 Å². The number of amides is 1. The molecule has 1 N–H and O–H groups in total. The highest BCUT2D eigenvalue weighted by Crippen LogP contribution is 2.32. The van der Waals surface area contributed by atoms with Gasteiger partial charge in [-0.1, -0.05) is 18.7 Å². The highest BCUT2D eigenvalue weighted by Gasteiger charge is 2.28. The number of benzene rings is 3. The van der Waals surface area contributed by atoms with Gasteiger partial charge in [-0.2, -0.15) is 0 Å². The van der Waals surface area contributed by atoms with Crippen molar-refractivity contribution in [1.29, 1.82) is 0 Å². The lowest BCUT2D eigenvalue weighted by molar-refractivity contribution is -0.114. The molecule has 0 fully saturated rings. The lowest BCUT2D eigenvalue weighted by Crippen LogP contribution is -2.38. The van der Waals surface area contributed by atoms with Gasteiger partial charge in [-0.3, -0.25) is 9.10 Å². The molecule has 3 rings (SSSR count). The Balaban J connectivity index is 1.94. The second-order valence-corrected chi connectivity index (χ2v) is 9.49. The first kappa shape index (κ1) is 27.4. The summed E-state index contributed by atoms with van der Waals surface area (Å²) >= 11 is 0. The van der Waals surface area contributed by atoms with Crippen LogP contribution in [0, 0.1) is 0 Å². The second-order valence-electron chi connectivity index (χ2n) is 7.63. The molecule has 196 valence electrons. The minimum Gasteiger partial charge on any atom is -0.494 e. The highest BCUT2D eigenvalue weighted by molar-refractivity contribution is 7.92. The lowest BCUT2D eigenvalue weighted by Gasteiger charge is -2.25. The quantitative estimate of drug-likeness (QED) is 0.327. The molecule has 0 aromatic heterocycles. The van der Waals surface area contributed by atoms with Crippen molar-refractivity contribution >= 4 is 27.3 Å². The van der Waals surface area contributed by atoms with Crippen LogP contribution in [0.3, 0.4) is 0 Å². The van der Waals surface area contributed by atoms with Gasteiger partial charge in [0.2, 0.25) is 5.91 Å². The standard InChI is InChI=1S/C27H30N2O7S/c1-5-16-36-23-9-7-8-20(17-23)28-27(30)19-29(21-10-12-22(13-11-21)35-6-2)37(31,32)24-14-15-25(33-3)26(18-24)34-4/h5,7-15,17-18H,1,6,16,19H2,2-4H3,(H,28,30). The largest absolute Gasteiger partial charge is 0.494 e. The molecule has 3 aromatic rings. The Morgan fingerprint density at radius 3 is 2.32 bits per heavy atom. The molecule has 9 nitrogen and oxygen atoms in total. The number of carbonyl (C=O) groups excluding carboxylic acids is 1. The Morgan fingerprint density at radius 2 is 1.68 bits per heavy atom. The van der Waals surface area contributed by atoms with E-state index in [1.807, 2.05) is 6.92 Å². The van der Waals surface area contributed by atoms with E-state index in [2.05, 4.69) is 11.9 Å². The van der Waals surface area contributed by atoms with Gasteiger partial charge in [0.05, 0.1) is 31.4 Å². The number of sulfonamides is 1. The van der Waals surface area contributed by atoms with Crippen molar-refractivity contribution in [3.05, 3.63) is 79.4 Å². The zero-order chi connectivity index (χ0) is 26.8. The van der Waals surface area contributed by atoms with Gasteiger partial charge >= 0.3 is 0 Å². The van der Waals surface area contributed by atoms with Gasteiger partial charge in [-0.15, -0.1) is 0 Å².